The number of carbonyl (C=O) groups is 1. The molecular formula is C21H30N2O. The smallest absolute Gasteiger partial charge is 0.227 e. The minimum Gasteiger partial charge on any atom is -0.353 e. The Morgan fingerprint density at radius 3 is 2.75 bits per heavy atom. The summed E-state index contributed by atoms with van der Waals surface area (Å²) >= 11 is 0. The summed E-state index contributed by atoms with van der Waals surface area (Å²) in [6.07, 6.45) is 6.91. The van der Waals surface area contributed by atoms with Crippen LogP contribution in [0.3, 0.4) is 0 Å². The van der Waals surface area contributed by atoms with Crippen LogP contribution in [0.2, 0.25) is 0 Å². The summed E-state index contributed by atoms with van der Waals surface area (Å²) in [5, 5.41) is 6.91. The number of amides is 1. The van der Waals surface area contributed by atoms with Gasteiger partial charge in [-0.1, -0.05) is 43.7 Å². The van der Waals surface area contributed by atoms with Crippen LogP contribution in [0.4, 0.5) is 0 Å². The van der Waals surface area contributed by atoms with Crippen molar-refractivity contribution in [1.29, 1.82) is 0 Å². The molecule has 1 aromatic carbocycles. The normalized spacial score (nSPS) is 38.2. The van der Waals surface area contributed by atoms with Crippen LogP contribution in [0.1, 0.15) is 44.6 Å². The minimum absolute atomic E-state index is 0.158. The second-order valence-corrected chi connectivity index (χ2v) is 8.45. The molecule has 2 saturated carbocycles. The summed E-state index contributed by atoms with van der Waals surface area (Å²) in [6.45, 7) is 4.29. The van der Waals surface area contributed by atoms with Gasteiger partial charge in [0.2, 0.25) is 5.91 Å². The molecule has 3 nitrogen and oxygen atoms in total. The second-order valence-electron chi connectivity index (χ2n) is 8.45. The molecule has 2 aliphatic carbocycles. The van der Waals surface area contributed by atoms with Crippen LogP contribution in [-0.2, 0) is 11.2 Å². The average molecular weight is 326 g/mol. The van der Waals surface area contributed by atoms with Gasteiger partial charge in [0.05, 0.1) is 5.41 Å². The van der Waals surface area contributed by atoms with Gasteiger partial charge in [-0.05, 0) is 68.5 Å². The predicted octanol–water partition coefficient (Wildman–Crippen LogP) is 3.15. The van der Waals surface area contributed by atoms with Gasteiger partial charge in [0, 0.05) is 6.04 Å². The van der Waals surface area contributed by atoms with E-state index in [4.69, 9.17) is 0 Å². The van der Waals surface area contributed by atoms with Gasteiger partial charge in [0.25, 0.3) is 0 Å². The molecule has 130 valence electrons. The molecule has 1 aromatic rings. The molecular weight excluding hydrogens is 296 g/mol. The van der Waals surface area contributed by atoms with Gasteiger partial charge in [-0.3, -0.25) is 4.79 Å². The highest BCUT2D eigenvalue weighted by Gasteiger charge is 2.55. The van der Waals surface area contributed by atoms with E-state index in [1.165, 1.54) is 24.8 Å². The molecule has 1 saturated heterocycles. The Bertz CT molecular complexity index is 587. The van der Waals surface area contributed by atoms with Crippen LogP contribution in [0.15, 0.2) is 30.3 Å². The lowest BCUT2D eigenvalue weighted by molar-refractivity contribution is -0.135. The maximum absolute atomic E-state index is 13.4. The van der Waals surface area contributed by atoms with Crippen molar-refractivity contribution in [2.24, 2.45) is 23.2 Å². The van der Waals surface area contributed by atoms with E-state index in [1.807, 2.05) is 0 Å². The Morgan fingerprint density at radius 1 is 1.25 bits per heavy atom. The fourth-order valence-corrected chi connectivity index (χ4v) is 5.52. The molecule has 0 spiro atoms. The quantitative estimate of drug-likeness (QED) is 0.892. The first-order chi connectivity index (χ1) is 11.7. The summed E-state index contributed by atoms with van der Waals surface area (Å²) in [7, 11) is 0. The third-order valence-corrected chi connectivity index (χ3v) is 6.89. The number of hydrogen-bond acceptors (Lipinski definition) is 2. The highest BCUT2D eigenvalue weighted by molar-refractivity contribution is 5.84. The summed E-state index contributed by atoms with van der Waals surface area (Å²) < 4.78 is 0. The van der Waals surface area contributed by atoms with Gasteiger partial charge in [0.15, 0.2) is 0 Å². The number of benzene rings is 1. The molecule has 3 heteroatoms. The third-order valence-electron chi connectivity index (χ3n) is 6.89. The Labute approximate surface area is 145 Å². The maximum Gasteiger partial charge on any atom is 0.227 e. The van der Waals surface area contributed by atoms with Crippen molar-refractivity contribution in [3.05, 3.63) is 35.9 Å². The Hall–Kier alpha value is -1.35. The molecule has 1 amide bonds. The van der Waals surface area contributed by atoms with Gasteiger partial charge in [-0.2, -0.15) is 0 Å². The zero-order valence-electron chi connectivity index (χ0n) is 14.8. The molecule has 1 aliphatic heterocycles. The van der Waals surface area contributed by atoms with Crippen LogP contribution in [0.25, 0.3) is 0 Å². The van der Waals surface area contributed by atoms with E-state index in [0.29, 0.717) is 23.8 Å². The minimum atomic E-state index is -0.158. The summed E-state index contributed by atoms with van der Waals surface area (Å²) in [4.78, 5) is 13.4. The van der Waals surface area contributed by atoms with Crippen molar-refractivity contribution < 1.29 is 4.79 Å². The van der Waals surface area contributed by atoms with Crippen molar-refractivity contribution in [2.75, 3.05) is 13.1 Å². The van der Waals surface area contributed by atoms with E-state index in [1.54, 1.807) is 0 Å². The fourth-order valence-electron chi connectivity index (χ4n) is 5.52. The molecule has 1 heterocycles. The van der Waals surface area contributed by atoms with Crippen LogP contribution in [0.5, 0.6) is 0 Å². The molecule has 24 heavy (non-hydrogen) atoms. The molecule has 4 rings (SSSR count). The fraction of sp³-hybridized carbons (Fsp3) is 0.667. The standard InChI is InChI=1S/C21H30N2O/c1-15-14-22-10-9-19(15)23-20(24)21(12-16-5-3-2-4-6-16)13-17-7-8-18(21)11-17/h2-6,15,17-19,22H,7-14H2,1H3,(H,23,24). The van der Waals surface area contributed by atoms with Gasteiger partial charge >= 0.3 is 0 Å². The maximum atomic E-state index is 13.4. The van der Waals surface area contributed by atoms with E-state index in [9.17, 15) is 4.79 Å². The van der Waals surface area contributed by atoms with Crippen molar-refractivity contribution in [3.63, 3.8) is 0 Å². The number of carbonyl (C=O) groups excluding carboxylic acids is 1. The number of nitrogens with one attached hydrogen (secondary N) is 2. The molecule has 5 unspecified atom stereocenters. The molecule has 3 aliphatic rings. The van der Waals surface area contributed by atoms with E-state index < -0.39 is 0 Å². The van der Waals surface area contributed by atoms with Gasteiger partial charge < -0.3 is 10.6 Å². The molecule has 0 aromatic heterocycles. The first-order valence-corrected chi connectivity index (χ1v) is 9.73. The summed E-state index contributed by atoms with van der Waals surface area (Å²) in [5.74, 6) is 2.22. The highest BCUT2D eigenvalue weighted by atomic mass is 16.2. The van der Waals surface area contributed by atoms with Crippen molar-refractivity contribution >= 4 is 5.91 Å². The summed E-state index contributed by atoms with van der Waals surface area (Å²) in [6, 6.07) is 11.0. The summed E-state index contributed by atoms with van der Waals surface area (Å²) in [5.41, 5.74) is 1.16. The average Bonchev–Trinajstić information content (AvgIpc) is 3.19. The molecule has 2 N–H and O–H groups in total. The van der Waals surface area contributed by atoms with E-state index >= 15 is 0 Å². The Morgan fingerprint density at radius 2 is 2.08 bits per heavy atom. The first kappa shape index (κ1) is 16.1. The monoisotopic (exact) mass is 326 g/mol. The van der Waals surface area contributed by atoms with Gasteiger partial charge in [0.1, 0.15) is 0 Å². The molecule has 2 bridgehead atoms. The lowest BCUT2D eigenvalue weighted by atomic mass is 9.68. The third kappa shape index (κ3) is 2.88. The van der Waals surface area contributed by atoms with Crippen LogP contribution in [0, 0.1) is 23.2 Å². The Kier molecular flexibility index (Phi) is 4.38. The number of hydrogen-bond donors (Lipinski definition) is 2. The second kappa shape index (κ2) is 6.51. The zero-order chi connectivity index (χ0) is 16.6. The number of rotatable bonds is 4. The molecule has 0 radical (unpaired) electrons. The molecule has 3 fully saturated rings. The van der Waals surface area contributed by atoms with Crippen LogP contribution in [-0.4, -0.2) is 25.0 Å². The van der Waals surface area contributed by atoms with E-state index in [2.05, 4.69) is 47.9 Å². The number of piperidine rings is 1. The largest absolute Gasteiger partial charge is 0.353 e. The van der Waals surface area contributed by atoms with Crippen molar-refractivity contribution in [1.82, 2.24) is 10.6 Å². The number of fused-ring (bicyclic) bond motifs is 2. The van der Waals surface area contributed by atoms with Gasteiger partial charge in [-0.15, -0.1) is 0 Å². The predicted molar refractivity (Wildman–Crippen MR) is 96.6 cm³/mol. The van der Waals surface area contributed by atoms with E-state index in [0.717, 1.165) is 38.3 Å². The lowest BCUT2D eigenvalue weighted by Gasteiger charge is -2.39. The molecule has 5 atom stereocenters. The zero-order valence-corrected chi connectivity index (χ0v) is 14.8. The lowest BCUT2D eigenvalue weighted by Crippen LogP contribution is -2.54. The van der Waals surface area contributed by atoms with Crippen molar-refractivity contribution in [3.8, 4) is 0 Å². The van der Waals surface area contributed by atoms with E-state index in [-0.39, 0.29) is 5.41 Å². The van der Waals surface area contributed by atoms with Crippen molar-refractivity contribution in [2.45, 2.75) is 51.5 Å². The van der Waals surface area contributed by atoms with Gasteiger partial charge in [-0.25, -0.2) is 0 Å². The van der Waals surface area contributed by atoms with Crippen LogP contribution < -0.4 is 10.6 Å². The highest BCUT2D eigenvalue weighted by Crippen LogP contribution is 2.57. The van der Waals surface area contributed by atoms with Crippen LogP contribution >= 0.6 is 0 Å². The topological polar surface area (TPSA) is 41.1 Å². The Balaban J connectivity index is 1.55. The SMILES string of the molecule is CC1CNCCC1NC(=O)C1(Cc2ccccc2)CC2CCC1C2. The first-order valence-electron chi connectivity index (χ1n) is 9.73.